The quantitative estimate of drug-likeness (QED) is 0.788. The van der Waals surface area contributed by atoms with Crippen LogP contribution in [0.4, 0.5) is 13.2 Å². The van der Waals surface area contributed by atoms with Gasteiger partial charge < -0.3 is 10.4 Å². The molecule has 0 bridgehead atoms. The Labute approximate surface area is 106 Å². The number of hydrogen-bond donors (Lipinski definition) is 2. The first-order chi connectivity index (χ1) is 8.71. The summed E-state index contributed by atoms with van der Waals surface area (Å²) >= 11 is 0. The summed E-state index contributed by atoms with van der Waals surface area (Å²) in [4.78, 5) is 21.8. The van der Waals surface area contributed by atoms with Crippen LogP contribution < -0.4 is 5.32 Å². The molecule has 6 nitrogen and oxygen atoms in total. The topological polar surface area (TPSA) is 84.2 Å². The lowest BCUT2D eigenvalue weighted by molar-refractivity contribution is -0.141. The molecule has 0 atom stereocenters. The molecule has 0 radical (unpaired) electrons. The molecule has 0 saturated carbocycles. The molecule has 0 spiro atoms. The zero-order valence-corrected chi connectivity index (χ0v) is 9.99. The van der Waals surface area contributed by atoms with Crippen LogP contribution in [0.2, 0.25) is 0 Å². The Morgan fingerprint density at radius 3 is 2.63 bits per heavy atom. The first kappa shape index (κ1) is 15.0. The lowest BCUT2D eigenvalue weighted by Gasteiger charge is -2.06. The van der Waals surface area contributed by atoms with Gasteiger partial charge in [0.1, 0.15) is 0 Å². The van der Waals surface area contributed by atoms with Crippen molar-refractivity contribution in [3.63, 3.8) is 0 Å². The first-order valence-corrected chi connectivity index (χ1v) is 5.32. The summed E-state index contributed by atoms with van der Waals surface area (Å²) in [5.41, 5.74) is -1.84. The summed E-state index contributed by atoms with van der Waals surface area (Å²) < 4.78 is 38.6. The van der Waals surface area contributed by atoms with Crippen molar-refractivity contribution in [1.29, 1.82) is 0 Å². The van der Waals surface area contributed by atoms with Gasteiger partial charge in [-0.15, -0.1) is 0 Å². The number of aliphatic carboxylic acids is 1. The van der Waals surface area contributed by atoms with Crippen LogP contribution in [0.1, 0.15) is 28.9 Å². The number of aromatic nitrogens is 2. The highest BCUT2D eigenvalue weighted by atomic mass is 19.4. The van der Waals surface area contributed by atoms with E-state index in [-0.39, 0.29) is 19.4 Å². The molecular formula is C10H12F3N3O3. The molecule has 1 heterocycles. The van der Waals surface area contributed by atoms with E-state index in [4.69, 9.17) is 5.11 Å². The molecule has 1 aromatic rings. The number of hydrogen-bond acceptors (Lipinski definition) is 3. The molecule has 106 valence electrons. The summed E-state index contributed by atoms with van der Waals surface area (Å²) in [6, 6.07) is 0. The van der Waals surface area contributed by atoms with Gasteiger partial charge in [-0.05, 0) is 6.42 Å². The monoisotopic (exact) mass is 279 g/mol. The van der Waals surface area contributed by atoms with E-state index in [1.165, 1.54) is 7.05 Å². The maximum atomic E-state index is 12.6. The Bertz CT molecular complexity index is 482. The molecule has 0 aromatic carbocycles. The van der Waals surface area contributed by atoms with Gasteiger partial charge in [0.15, 0.2) is 5.69 Å². The predicted molar refractivity (Wildman–Crippen MR) is 57.4 cm³/mol. The van der Waals surface area contributed by atoms with Crippen LogP contribution in [-0.2, 0) is 18.0 Å². The maximum absolute atomic E-state index is 12.6. The molecule has 0 aliphatic carbocycles. The zero-order chi connectivity index (χ0) is 14.6. The number of nitrogens with zero attached hydrogens (tertiary/aromatic N) is 2. The van der Waals surface area contributed by atoms with Gasteiger partial charge in [0.2, 0.25) is 0 Å². The van der Waals surface area contributed by atoms with Gasteiger partial charge in [-0.25, -0.2) is 0 Å². The molecule has 0 unspecified atom stereocenters. The van der Waals surface area contributed by atoms with Crippen molar-refractivity contribution < 1.29 is 27.9 Å². The van der Waals surface area contributed by atoms with Gasteiger partial charge in [0.25, 0.3) is 5.91 Å². The molecule has 0 fully saturated rings. The van der Waals surface area contributed by atoms with E-state index in [1.807, 2.05) is 0 Å². The normalized spacial score (nSPS) is 11.4. The fraction of sp³-hybridized carbons (Fsp3) is 0.500. The average Bonchev–Trinajstić information content (AvgIpc) is 2.66. The SMILES string of the molecule is Cn1cc(C(=O)NCCCC(=O)O)c(C(F)(F)F)n1. The molecule has 1 rings (SSSR count). The van der Waals surface area contributed by atoms with E-state index in [2.05, 4.69) is 10.4 Å². The third-order valence-electron chi connectivity index (χ3n) is 2.19. The van der Waals surface area contributed by atoms with Gasteiger partial charge >= 0.3 is 12.1 Å². The van der Waals surface area contributed by atoms with E-state index in [0.29, 0.717) is 0 Å². The van der Waals surface area contributed by atoms with Crippen molar-refractivity contribution in [2.45, 2.75) is 19.0 Å². The Hall–Kier alpha value is -2.06. The molecular weight excluding hydrogens is 267 g/mol. The fourth-order valence-corrected chi connectivity index (χ4v) is 1.40. The standard InChI is InChI=1S/C10H12F3N3O3/c1-16-5-6(8(15-16)10(11,12)13)9(19)14-4-2-3-7(17)18/h5H,2-4H2,1H3,(H,14,19)(H,17,18). The van der Waals surface area contributed by atoms with Crippen LogP contribution in [0.5, 0.6) is 0 Å². The second-order valence-electron chi connectivity index (χ2n) is 3.82. The number of carbonyl (C=O) groups excluding carboxylic acids is 1. The van der Waals surface area contributed by atoms with E-state index in [1.54, 1.807) is 0 Å². The van der Waals surface area contributed by atoms with Crippen LogP contribution in [0.3, 0.4) is 0 Å². The lowest BCUT2D eigenvalue weighted by Crippen LogP contribution is -2.27. The third-order valence-corrected chi connectivity index (χ3v) is 2.19. The predicted octanol–water partition coefficient (Wildman–Crippen LogP) is 1.03. The van der Waals surface area contributed by atoms with Crippen LogP contribution in [-0.4, -0.2) is 33.3 Å². The van der Waals surface area contributed by atoms with Crippen LogP contribution in [0.25, 0.3) is 0 Å². The summed E-state index contributed by atoms with van der Waals surface area (Å²) in [6.07, 6.45) is -3.77. The Morgan fingerprint density at radius 1 is 1.47 bits per heavy atom. The van der Waals surface area contributed by atoms with Crippen molar-refractivity contribution in [1.82, 2.24) is 15.1 Å². The number of carboxylic acid groups (broad SMARTS) is 1. The average molecular weight is 279 g/mol. The van der Waals surface area contributed by atoms with Gasteiger partial charge in [0.05, 0.1) is 5.56 Å². The van der Waals surface area contributed by atoms with Gasteiger partial charge in [-0.2, -0.15) is 18.3 Å². The summed E-state index contributed by atoms with van der Waals surface area (Å²) in [5, 5.41) is 13.8. The van der Waals surface area contributed by atoms with Crippen molar-refractivity contribution >= 4 is 11.9 Å². The minimum absolute atomic E-state index is 0.0165. The van der Waals surface area contributed by atoms with Crippen molar-refractivity contribution in [2.24, 2.45) is 7.05 Å². The van der Waals surface area contributed by atoms with Gasteiger partial charge in [0, 0.05) is 26.2 Å². The van der Waals surface area contributed by atoms with Gasteiger partial charge in [-0.3, -0.25) is 14.3 Å². The molecule has 1 aromatic heterocycles. The van der Waals surface area contributed by atoms with E-state index >= 15 is 0 Å². The van der Waals surface area contributed by atoms with Gasteiger partial charge in [-0.1, -0.05) is 0 Å². The van der Waals surface area contributed by atoms with Crippen LogP contribution in [0.15, 0.2) is 6.20 Å². The molecule has 0 aliphatic rings. The molecule has 0 saturated heterocycles. The summed E-state index contributed by atoms with van der Waals surface area (Å²) in [5.74, 6) is -1.96. The highest BCUT2D eigenvalue weighted by Crippen LogP contribution is 2.30. The first-order valence-electron chi connectivity index (χ1n) is 5.32. The number of nitrogens with one attached hydrogen (secondary N) is 1. The van der Waals surface area contributed by atoms with Crippen LogP contribution in [0, 0.1) is 0 Å². The number of aryl methyl sites for hydroxylation is 1. The maximum Gasteiger partial charge on any atom is 0.435 e. The number of halogens is 3. The number of carboxylic acids is 1. The smallest absolute Gasteiger partial charge is 0.435 e. The number of alkyl halides is 3. The number of carbonyl (C=O) groups is 2. The highest BCUT2D eigenvalue weighted by molar-refractivity contribution is 5.95. The number of rotatable bonds is 5. The lowest BCUT2D eigenvalue weighted by atomic mass is 10.2. The van der Waals surface area contributed by atoms with Crippen molar-refractivity contribution in [2.75, 3.05) is 6.54 Å². The summed E-state index contributed by atoms with van der Waals surface area (Å²) in [7, 11) is 1.27. The Balaban J connectivity index is 2.69. The second-order valence-corrected chi connectivity index (χ2v) is 3.82. The van der Waals surface area contributed by atoms with E-state index < -0.39 is 29.3 Å². The third kappa shape index (κ3) is 4.27. The van der Waals surface area contributed by atoms with E-state index in [0.717, 1.165) is 10.9 Å². The van der Waals surface area contributed by atoms with E-state index in [9.17, 15) is 22.8 Å². The minimum atomic E-state index is -4.71. The molecule has 2 N–H and O–H groups in total. The minimum Gasteiger partial charge on any atom is -0.481 e. The zero-order valence-electron chi connectivity index (χ0n) is 9.99. The Kier molecular flexibility index (Phi) is 4.52. The molecule has 0 aliphatic heterocycles. The van der Waals surface area contributed by atoms with Crippen molar-refractivity contribution in [3.05, 3.63) is 17.5 Å². The highest BCUT2D eigenvalue weighted by Gasteiger charge is 2.38. The largest absolute Gasteiger partial charge is 0.481 e. The molecule has 9 heteroatoms. The fourth-order valence-electron chi connectivity index (χ4n) is 1.40. The van der Waals surface area contributed by atoms with Crippen LogP contribution >= 0.6 is 0 Å². The molecule has 1 amide bonds. The summed E-state index contributed by atoms with van der Waals surface area (Å²) in [6.45, 7) is -0.0165. The second kappa shape index (κ2) is 5.72. The van der Waals surface area contributed by atoms with Crippen molar-refractivity contribution in [3.8, 4) is 0 Å². The Morgan fingerprint density at radius 2 is 2.11 bits per heavy atom. The molecule has 19 heavy (non-hydrogen) atoms. The number of amides is 1.